The number of anilines is 1. The molecule has 0 unspecified atom stereocenters. The Labute approximate surface area is 163 Å². The van der Waals surface area contributed by atoms with Gasteiger partial charge in [-0.3, -0.25) is 9.69 Å². The zero-order valence-corrected chi connectivity index (χ0v) is 16.6. The van der Waals surface area contributed by atoms with E-state index in [2.05, 4.69) is 39.4 Å². The first-order valence-electron chi connectivity index (χ1n) is 9.96. The van der Waals surface area contributed by atoms with Crippen LogP contribution in [0.25, 0.3) is 0 Å². The van der Waals surface area contributed by atoms with Gasteiger partial charge in [-0.25, -0.2) is 0 Å². The molecule has 1 N–H and O–H groups in total. The molecule has 1 amide bonds. The number of rotatable bonds is 8. The Morgan fingerprint density at radius 3 is 2.33 bits per heavy atom. The molecule has 1 aliphatic rings. The van der Waals surface area contributed by atoms with Gasteiger partial charge >= 0.3 is 0 Å². The van der Waals surface area contributed by atoms with Gasteiger partial charge in [0.15, 0.2) is 0 Å². The molecule has 2 aromatic carbocycles. The Balaban J connectivity index is 1.62. The molecule has 0 aliphatic carbocycles. The normalized spacial score (nSPS) is 14.6. The van der Waals surface area contributed by atoms with E-state index in [-0.39, 0.29) is 5.91 Å². The van der Waals surface area contributed by atoms with E-state index in [4.69, 9.17) is 0 Å². The second kappa shape index (κ2) is 9.67. The highest BCUT2D eigenvalue weighted by Crippen LogP contribution is 2.19. The molecule has 4 nitrogen and oxygen atoms in total. The molecular weight excluding hydrogens is 334 g/mol. The summed E-state index contributed by atoms with van der Waals surface area (Å²) in [6.45, 7) is 9.61. The van der Waals surface area contributed by atoms with E-state index in [0.717, 1.165) is 36.4 Å². The van der Waals surface area contributed by atoms with Crippen molar-refractivity contribution in [2.45, 2.75) is 33.2 Å². The van der Waals surface area contributed by atoms with Crippen LogP contribution in [0.3, 0.4) is 0 Å². The second-order valence-corrected chi connectivity index (χ2v) is 7.56. The monoisotopic (exact) mass is 365 g/mol. The van der Waals surface area contributed by atoms with Crippen LogP contribution in [0, 0.1) is 13.8 Å². The zero-order valence-electron chi connectivity index (χ0n) is 16.6. The second-order valence-electron chi connectivity index (χ2n) is 7.56. The van der Waals surface area contributed by atoms with Crippen molar-refractivity contribution in [1.82, 2.24) is 9.80 Å². The molecule has 0 saturated carbocycles. The van der Waals surface area contributed by atoms with Crippen LogP contribution in [0.4, 0.5) is 5.69 Å². The SMILES string of the molecule is Cc1cccc(C)c1NC(=O)CN(CCN1CCCC1)Cc1ccccc1. The number of aryl methyl sites for hydroxylation is 2. The fourth-order valence-electron chi connectivity index (χ4n) is 3.74. The predicted molar refractivity (Wildman–Crippen MR) is 112 cm³/mol. The van der Waals surface area contributed by atoms with E-state index in [1.54, 1.807) is 0 Å². The van der Waals surface area contributed by atoms with Gasteiger partial charge < -0.3 is 10.2 Å². The third-order valence-corrected chi connectivity index (χ3v) is 5.29. The lowest BCUT2D eigenvalue weighted by atomic mass is 10.1. The lowest BCUT2D eigenvalue weighted by Crippen LogP contribution is -2.38. The van der Waals surface area contributed by atoms with Gasteiger partial charge in [0.1, 0.15) is 0 Å². The molecule has 0 spiro atoms. The average Bonchev–Trinajstić information content (AvgIpc) is 3.17. The van der Waals surface area contributed by atoms with Crippen molar-refractivity contribution in [1.29, 1.82) is 0 Å². The third kappa shape index (κ3) is 5.91. The Hall–Kier alpha value is -2.17. The summed E-state index contributed by atoms with van der Waals surface area (Å²) in [4.78, 5) is 17.5. The molecule has 144 valence electrons. The molecule has 3 rings (SSSR count). The Bertz CT molecular complexity index is 718. The highest BCUT2D eigenvalue weighted by atomic mass is 16.2. The number of hydrogen-bond donors (Lipinski definition) is 1. The summed E-state index contributed by atoms with van der Waals surface area (Å²) < 4.78 is 0. The van der Waals surface area contributed by atoms with E-state index in [9.17, 15) is 4.79 Å². The Morgan fingerprint density at radius 2 is 1.67 bits per heavy atom. The topological polar surface area (TPSA) is 35.6 Å². The number of nitrogens with zero attached hydrogens (tertiary/aromatic N) is 2. The van der Waals surface area contributed by atoms with Crippen molar-refractivity contribution in [2.24, 2.45) is 0 Å². The van der Waals surface area contributed by atoms with Crippen LogP contribution in [-0.2, 0) is 11.3 Å². The summed E-state index contributed by atoms with van der Waals surface area (Å²) in [6, 6.07) is 16.5. The fraction of sp³-hybridized carbons (Fsp3) is 0.435. The van der Waals surface area contributed by atoms with E-state index in [1.807, 2.05) is 38.1 Å². The van der Waals surface area contributed by atoms with Gasteiger partial charge in [0, 0.05) is 25.3 Å². The summed E-state index contributed by atoms with van der Waals surface area (Å²) in [5.74, 6) is 0.0600. The van der Waals surface area contributed by atoms with Crippen LogP contribution in [0.5, 0.6) is 0 Å². The van der Waals surface area contributed by atoms with Gasteiger partial charge in [-0.1, -0.05) is 48.5 Å². The number of carbonyl (C=O) groups excluding carboxylic acids is 1. The summed E-state index contributed by atoms with van der Waals surface area (Å²) in [6.07, 6.45) is 2.59. The number of amides is 1. The standard InChI is InChI=1S/C23H31N3O/c1-19-9-8-10-20(2)23(19)24-22(27)18-26(16-15-25-13-6-7-14-25)17-21-11-4-3-5-12-21/h3-5,8-12H,6-7,13-18H2,1-2H3,(H,24,27). The number of nitrogens with one attached hydrogen (secondary N) is 1. The zero-order chi connectivity index (χ0) is 19.1. The van der Waals surface area contributed by atoms with Gasteiger partial charge in [0.2, 0.25) is 5.91 Å². The lowest BCUT2D eigenvalue weighted by Gasteiger charge is -2.25. The predicted octanol–water partition coefficient (Wildman–Crippen LogP) is 3.84. The first-order valence-corrected chi connectivity index (χ1v) is 9.96. The van der Waals surface area contributed by atoms with Gasteiger partial charge in [-0.05, 0) is 56.5 Å². The summed E-state index contributed by atoms with van der Waals surface area (Å²) in [5, 5.41) is 3.13. The lowest BCUT2D eigenvalue weighted by molar-refractivity contribution is -0.117. The number of benzene rings is 2. The molecule has 1 heterocycles. The van der Waals surface area contributed by atoms with Crippen molar-refractivity contribution in [3.05, 3.63) is 65.2 Å². The van der Waals surface area contributed by atoms with Crippen LogP contribution in [0.2, 0.25) is 0 Å². The molecule has 0 aromatic heterocycles. The minimum absolute atomic E-state index is 0.0600. The Morgan fingerprint density at radius 1 is 1.00 bits per heavy atom. The largest absolute Gasteiger partial charge is 0.324 e. The molecule has 1 fully saturated rings. The maximum atomic E-state index is 12.7. The van der Waals surface area contributed by atoms with Crippen molar-refractivity contribution in [2.75, 3.05) is 38.0 Å². The van der Waals surface area contributed by atoms with Crippen LogP contribution in [-0.4, -0.2) is 48.4 Å². The average molecular weight is 366 g/mol. The van der Waals surface area contributed by atoms with E-state index >= 15 is 0 Å². The molecule has 0 radical (unpaired) electrons. The molecule has 2 aromatic rings. The molecule has 0 bridgehead atoms. The van der Waals surface area contributed by atoms with E-state index in [0.29, 0.717) is 6.54 Å². The van der Waals surface area contributed by atoms with Crippen LogP contribution < -0.4 is 5.32 Å². The summed E-state index contributed by atoms with van der Waals surface area (Å²) >= 11 is 0. The van der Waals surface area contributed by atoms with E-state index in [1.165, 1.54) is 31.5 Å². The van der Waals surface area contributed by atoms with Gasteiger partial charge in [-0.15, -0.1) is 0 Å². The van der Waals surface area contributed by atoms with Crippen molar-refractivity contribution >= 4 is 11.6 Å². The van der Waals surface area contributed by atoms with Crippen LogP contribution in [0.1, 0.15) is 29.5 Å². The van der Waals surface area contributed by atoms with Crippen molar-refractivity contribution in [3.8, 4) is 0 Å². The molecule has 0 atom stereocenters. The van der Waals surface area contributed by atoms with Gasteiger partial charge in [0.05, 0.1) is 6.54 Å². The van der Waals surface area contributed by atoms with Crippen LogP contribution in [0.15, 0.2) is 48.5 Å². The van der Waals surface area contributed by atoms with Gasteiger partial charge in [-0.2, -0.15) is 0 Å². The van der Waals surface area contributed by atoms with E-state index < -0.39 is 0 Å². The van der Waals surface area contributed by atoms with Crippen molar-refractivity contribution < 1.29 is 4.79 Å². The summed E-state index contributed by atoms with van der Waals surface area (Å²) in [7, 11) is 0. The molecule has 1 saturated heterocycles. The minimum Gasteiger partial charge on any atom is -0.324 e. The fourth-order valence-corrected chi connectivity index (χ4v) is 3.74. The smallest absolute Gasteiger partial charge is 0.238 e. The molecule has 1 aliphatic heterocycles. The van der Waals surface area contributed by atoms with Crippen LogP contribution >= 0.6 is 0 Å². The highest BCUT2D eigenvalue weighted by Gasteiger charge is 2.16. The van der Waals surface area contributed by atoms with Crippen molar-refractivity contribution in [3.63, 3.8) is 0 Å². The molecule has 27 heavy (non-hydrogen) atoms. The number of likely N-dealkylation sites (tertiary alicyclic amines) is 1. The maximum Gasteiger partial charge on any atom is 0.238 e. The third-order valence-electron chi connectivity index (χ3n) is 5.29. The maximum absolute atomic E-state index is 12.7. The number of para-hydroxylation sites is 1. The first-order chi connectivity index (χ1) is 13.1. The Kier molecular flexibility index (Phi) is 7.02. The van der Waals surface area contributed by atoms with Gasteiger partial charge in [0.25, 0.3) is 0 Å². The molecule has 4 heteroatoms. The minimum atomic E-state index is 0.0600. The summed E-state index contributed by atoms with van der Waals surface area (Å²) in [5.41, 5.74) is 4.41. The first kappa shape index (κ1) is 19.6. The quantitative estimate of drug-likeness (QED) is 0.772. The highest BCUT2D eigenvalue weighted by molar-refractivity contribution is 5.93. The number of carbonyl (C=O) groups is 1. The number of hydrogen-bond acceptors (Lipinski definition) is 3. The molecular formula is C23H31N3O.